The molecule has 2 aliphatic heterocycles. The molecule has 160 valence electrons. The molecule has 3 aliphatic rings. The quantitative estimate of drug-likeness (QED) is 0.676. The molecule has 0 radical (unpaired) electrons. The molecule has 2 fully saturated rings. The number of piperazine rings is 1. The Morgan fingerprint density at radius 1 is 1.03 bits per heavy atom. The molecule has 0 atom stereocenters. The second kappa shape index (κ2) is 7.56. The molecule has 0 bridgehead atoms. The fraction of sp³-hybridized carbons (Fsp3) is 0.500. The Morgan fingerprint density at radius 3 is 2.71 bits per heavy atom. The second-order valence-electron chi connectivity index (χ2n) is 8.77. The third-order valence-corrected chi connectivity index (χ3v) is 6.87. The van der Waals surface area contributed by atoms with Gasteiger partial charge in [-0.15, -0.1) is 5.10 Å². The maximum Gasteiger partial charge on any atom is 0.231 e. The van der Waals surface area contributed by atoms with E-state index in [1.807, 2.05) is 18.5 Å². The number of pyridine rings is 1. The number of rotatable bonds is 3. The number of aromatic nitrogens is 5. The summed E-state index contributed by atoms with van der Waals surface area (Å²) >= 11 is 0. The summed E-state index contributed by atoms with van der Waals surface area (Å²) in [5.74, 6) is 2.08. The van der Waals surface area contributed by atoms with Crippen LogP contribution in [0.2, 0.25) is 0 Å². The van der Waals surface area contributed by atoms with Crippen molar-refractivity contribution in [1.29, 1.82) is 0 Å². The van der Waals surface area contributed by atoms with Crippen LogP contribution >= 0.6 is 0 Å². The zero-order valence-electron chi connectivity index (χ0n) is 17.6. The largest absolute Gasteiger partial charge is 0.368 e. The van der Waals surface area contributed by atoms with E-state index < -0.39 is 0 Å². The average molecular weight is 418 g/mol. The molecule has 3 aromatic rings. The van der Waals surface area contributed by atoms with Crippen molar-refractivity contribution < 1.29 is 0 Å². The molecule has 1 saturated heterocycles. The first kappa shape index (κ1) is 18.7. The molecule has 0 unspecified atom stereocenters. The first-order valence-electron chi connectivity index (χ1n) is 11.3. The maximum atomic E-state index is 4.85. The highest BCUT2D eigenvalue weighted by Gasteiger charge is 2.40. The number of fused-ring (bicyclic) bond motifs is 4. The van der Waals surface area contributed by atoms with Gasteiger partial charge in [-0.2, -0.15) is 4.98 Å². The van der Waals surface area contributed by atoms with Crippen LogP contribution in [-0.4, -0.2) is 57.0 Å². The van der Waals surface area contributed by atoms with Crippen molar-refractivity contribution >= 4 is 35.1 Å². The summed E-state index contributed by atoms with van der Waals surface area (Å²) in [6, 6.07) is 4.09. The van der Waals surface area contributed by atoms with Gasteiger partial charge in [-0.1, -0.05) is 19.3 Å². The van der Waals surface area contributed by atoms with Crippen molar-refractivity contribution in [2.45, 2.75) is 43.9 Å². The van der Waals surface area contributed by atoms with Crippen LogP contribution in [0.15, 0.2) is 29.6 Å². The second-order valence-corrected chi connectivity index (χ2v) is 8.77. The number of nitrogens with one attached hydrogen (secondary N) is 2. The minimum atomic E-state index is 0.117. The van der Waals surface area contributed by atoms with Gasteiger partial charge in [0.2, 0.25) is 5.95 Å². The zero-order valence-corrected chi connectivity index (χ0v) is 17.6. The Hall–Kier alpha value is -3.07. The predicted octanol–water partition coefficient (Wildman–Crippen LogP) is 2.98. The lowest BCUT2D eigenvalue weighted by Gasteiger charge is -2.37. The molecule has 0 aromatic carbocycles. The highest BCUT2D eigenvalue weighted by molar-refractivity contribution is 5.76. The Bertz CT molecular complexity index is 1110. The normalized spacial score (nSPS) is 20.2. The molecule has 5 heterocycles. The van der Waals surface area contributed by atoms with Gasteiger partial charge >= 0.3 is 0 Å². The Labute approximate surface area is 181 Å². The molecular formula is C22H27N9. The van der Waals surface area contributed by atoms with Crippen molar-refractivity contribution in [1.82, 2.24) is 29.9 Å². The van der Waals surface area contributed by atoms with E-state index in [0.717, 1.165) is 55.6 Å². The lowest BCUT2D eigenvalue weighted by atomic mass is 9.67. The van der Waals surface area contributed by atoms with Crippen LogP contribution in [-0.2, 0) is 5.41 Å². The van der Waals surface area contributed by atoms with Crippen LogP contribution in [0.4, 0.5) is 23.3 Å². The third kappa shape index (κ3) is 3.33. The van der Waals surface area contributed by atoms with Crippen molar-refractivity contribution in [3.8, 4) is 0 Å². The summed E-state index contributed by atoms with van der Waals surface area (Å²) in [6.07, 6.45) is 12.8. The molecule has 0 amide bonds. The van der Waals surface area contributed by atoms with Gasteiger partial charge < -0.3 is 15.5 Å². The number of anilines is 3. The van der Waals surface area contributed by atoms with Gasteiger partial charge in [-0.25, -0.2) is 19.5 Å². The Balaban J connectivity index is 1.29. The van der Waals surface area contributed by atoms with E-state index in [-0.39, 0.29) is 5.41 Å². The molecular weight excluding hydrogens is 390 g/mol. The zero-order chi connectivity index (χ0) is 20.7. The number of hydrogen-bond acceptors (Lipinski definition) is 8. The van der Waals surface area contributed by atoms with Gasteiger partial charge in [-0.05, 0) is 31.4 Å². The lowest BCUT2D eigenvalue weighted by molar-refractivity contribution is 0.304. The maximum absolute atomic E-state index is 4.85. The van der Waals surface area contributed by atoms with E-state index in [1.54, 1.807) is 10.8 Å². The van der Waals surface area contributed by atoms with Crippen LogP contribution in [0, 0.1) is 0 Å². The molecule has 1 saturated carbocycles. The molecule has 9 heteroatoms. The van der Waals surface area contributed by atoms with Crippen LogP contribution in [0.3, 0.4) is 0 Å². The summed E-state index contributed by atoms with van der Waals surface area (Å²) in [7, 11) is 0. The third-order valence-electron chi connectivity index (χ3n) is 6.87. The smallest absolute Gasteiger partial charge is 0.231 e. The van der Waals surface area contributed by atoms with Gasteiger partial charge in [0.25, 0.3) is 0 Å². The highest BCUT2D eigenvalue weighted by Crippen LogP contribution is 2.48. The van der Waals surface area contributed by atoms with Crippen LogP contribution < -0.4 is 15.5 Å². The average Bonchev–Trinajstić information content (AvgIpc) is 3.20. The SMILES string of the molecule is C1=Nc2nn3cnc(Nc4ccc(N5CCNCC5)cn4)nc3c2C2(C1)CCCCC2. The lowest BCUT2D eigenvalue weighted by Crippen LogP contribution is -2.43. The minimum Gasteiger partial charge on any atom is -0.368 e. The number of nitrogens with zero attached hydrogens (tertiary/aromatic N) is 7. The summed E-state index contributed by atoms with van der Waals surface area (Å²) in [5.41, 5.74) is 3.32. The van der Waals surface area contributed by atoms with E-state index >= 15 is 0 Å². The summed E-state index contributed by atoms with van der Waals surface area (Å²) in [6.45, 7) is 4.03. The summed E-state index contributed by atoms with van der Waals surface area (Å²) < 4.78 is 1.77. The van der Waals surface area contributed by atoms with Crippen molar-refractivity contribution in [3.05, 3.63) is 30.2 Å². The van der Waals surface area contributed by atoms with Crippen LogP contribution in [0.25, 0.3) is 5.65 Å². The highest BCUT2D eigenvalue weighted by atomic mass is 15.3. The standard InChI is InChI=1S/C22H27N9/c1-2-6-22(7-3-1)8-9-24-19-18(22)20-28-21(26-15-31(20)29-19)27-17-5-4-16(14-25-17)30-12-10-23-11-13-30/h4-5,9,14-15,23H,1-3,6-8,10-13H2,(H,25,27,28). The molecule has 31 heavy (non-hydrogen) atoms. The monoisotopic (exact) mass is 417 g/mol. The molecule has 1 aliphatic carbocycles. The van der Waals surface area contributed by atoms with Crippen molar-refractivity contribution in [3.63, 3.8) is 0 Å². The van der Waals surface area contributed by atoms with E-state index in [4.69, 9.17) is 4.98 Å². The van der Waals surface area contributed by atoms with Crippen LogP contribution in [0.1, 0.15) is 44.1 Å². The topological polar surface area (TPSA) is 95.6 Å². The van der Waals surface area contributed by atoms with Gasteiger partial charge in [0.15, 0.2) is 11.5 Å². The molecule has 6 rings (SSSR count). The Morgan fingerprint density at radius 2 is 1.90 bits per heavy atom. The first-order valence-corrected chi connectivity index (χ1v) is 11.3. The van der Waals surface area contributed by atoms with Crippen LogP contribution in [0.5, 0.6) is 0 Å². The first-order chi connectivity index (χ1) is 15.3. The minimum absolute atomic E-state index is 0.117. The molecule has 3 aromatic heterocycles. The summed E-state index contributed by atoms with van der Waals surface area (Å²) in [4.78, 5) is 20.8. The fourth-order valence-electron chi connectivity index (χ4n) is 5.24. The predicted molar refractivity (Wildman–Crippen MR) is 121 cm³/mol. The fourth-order valence-corrected chi connectivity index (χ4v) is 5.24. The van der Waals surface area contributed by atoms with Gasteiger partial charge in [-0.3, -0.25) is 0 Å². The number of hydrogen-bond donors (Lipinski definition) is 2. The van der Waals surface area contributed by atoms with Crippen molar-refractivity contribution in [2.24, 2.45) is 4.99 Å². The van der Waals surface area contributed by atoms with Crippen molar-refractivity contribution in [2.75, 3.05) is 36.4 Å². The van der Waals surface area contributed by atoms with Gasteiger partial charge in [0.05, 0.1) is 17.4 Å². The molecule has 1 spiro atoms. The summed E-state index contributed by atoms with van der Waals surface area (Å²) in [5, 5.41) is 11.3. The Kier molecular flexibility index (Phi) is 4.56. The van der Waals surface area contributed by atoms with E-state index in [1.165, 1.54) is 37.7 Å². The van der Waals surface area contributed by atoms with Gasteiger partial charge in [0, 0.05) is 37.8 Å². The van der Waals surface area contributed by atoms with E-state index in [9.17, 15) is 0 Å². The number of aliphatic imine (C=N–C) groups is 1. The van der Waals surface area contributed by atoms with E-state index in [0.29, 0.717) is 5.95 Å². The van der Waals surface area contributed by atoms with Gasteiger partial charge in [0.1, 0.15) is 12.1 Å². The molecule has 9 nitrogen and oxygen atoms in total. The molecule has 2 N–H and O–H groups in total. The van der Waals surface area contributed by atoms with E-state index in [2.05, 4.69) is 41.7 Å².